The van der Waals surface area contributed by atoms with Crippen LogP contribution >= 0.6 is 0 Å². The molecule has 3 aromatic rings. The Hall–Kier alpha value is -3.80. The first-order valence-corrected chi connectivity index (χ1v) is 10.8. The minimum Gasteiger partial charge on any atom is -0.507 e. The van der Waals surface area contributed by atoms with Crippen LogP contribution in [0.1, 0.15) is 43.7 Å². The number of nitrogens with zero attached hydrogens (tertiary/aromatic N) is 1. The monoisotopic (exact) mass is 432 g/mol. The number of rotatable bonds is 10. The Morgan fingerprint density at radius 2 is 1.66 bits per heavy atom. The second-order valence-electron chi connectivity index (χ2n) is 7.26. The fourth-order valence-electron chi connectivity index (χ4n) is 3.12. The maximum atomic E-state index is 12.2. The highest BCUT2D eigenvalue weighted by atomic mass is 16.7. The number of oxime groups is 1. The number of nitrogens with one attached hydrogen (secondary N) is 1. The zero-order valence-corrected chi connectivity index (χ0v) is 18.2. The van der Waals surface area contributed by atoms with Crippen LogP contribution in [0.2, 0.25) is 0 Å². The number of unbranched alkanes of at least 4 members (excludes halogenated alkanes) is 3. The van der Waals surface area contributed by atoms with E-state index in [2.05, 4.69) is 17.4 Å². The average molecular weight is 433 g/mol. The summed E-state index contributed by atoms with van der Waals surface area (Å²) in [5.74, 6) is 0.573. The lowest BCUT2D eigenvalue weighted by Gasteiger charge is -2.11. The van der Waals surface area contributed by atoms with Crippen molar-refractivity contribution in [2.24, 2.45) is 5.16 Å². The first-order valence-electron chi connectivity index (χ1n) is 10.8. The summed E-state index contributed by atoms with van der Waals surface area (Å²) in [6, 6.07) is 23.2. The summed E-state index contributed by atoms with van der Waals surface area (Å²) >= 11 is 0. The van der Waals surface area contributed by atoms with E-state index in [-0.39, 0.29) is 5.75 Å². The molecule has 0 saturated heterocycles. The van der Waals surface area contributed by atoms with E-state index in [1.54, 1.807) is 42.5 Å². The molecule has 0 spiro atoms. The Morgan fingerprint density at radius 3 is 2.34 bits per heavy atom. The highest BCUT2D eigenvalue weighted by Gasteiger charge is 2.15. The molecule has 0 aliphatic heterocycles. The van der Waals surface area contributed by atoms with Crippen LogP contribution in [0.4, 0.5) is 10.5 Å². The van der Waals surface area contributed by atoms with Gasteiger partial charge in [0.15, 0.2) is 0 Å². The van der Waals surface area contributed by atoms with Gasteiger partial charge in [0.25, 0.3) is 0 Å². The molecule has 3 aromatic carbocycles. The van der Waals surface area contributed by atoms with Crippen molar-refractivity contribution in [3.05, 3.63) is 90.0 Å². The van der Waals surface area contributed by atoms with Crippen LogP contribution in [0.15, 0.2) is 84.0 Å². The second kappa shape index (κ2) is 12.2. The topological polar surface area (TPSA) is 80.2 Å². The molecule has 0 unspecified atom stereocenters. The van der Waals surface area contributed by atoms with Crippen LogP contribution in [-0.2, 0) is 4.84 Å². The third-order valence-corrected chi connectivity index (χ3v) is 4.78. The molecular formula is C26H28N2O4. The van der Waals surface area contributed by atoms with Crippen LogP contribution in [-0.4, -0.2) is 23.5 Å². The van der Waals surface area contributed by atoms with Gasteiger partial charge in [0.05, 0.1) is 6.61 Å². The Balaban J connectivity index is 1.75. The van der Waals surface area contributed by atoms with Crippen LogP contribution in [0.3, 0.4) is 0 Å². The van der Waals surface area contributed by atoms with Gasteiger partial charge in [-0.15, -0.1) is 0 Å². The molecule has 0 atom stereocenters. The molecule has 32 heavy (non-hydrogen) atoms. The van der Waals surface area contributed by atoms with Crippen LogP contribution < -0.4 is 10.1 Å². The lowest BCUT2D eigenvalue weighted by molar-refractivity contribution is 0.166. The van der Waals surface area contributed by atoms with Gasteiger partial charge in [-0.1, -0.05) is 79.9 Å². The standard InChI is InChI=1S/C26H28N2O4/c1-2-3-4-11-18-31-22-16-17-23(24(29)19-22)25(20-12-7-5-8-13-20)28-32-26(30)27-21-14-9-6-10-15-21/h5-10,12-17,19,29H,2-4,11,18H2,1H3,(H,27,30)/b28-25+. The highest BCUT2D eigenvalue weighted by Crippen LogP contribution is 2.27. The summed E-state index contributed by atoms with van der Waals surface area (Å²) in [6.45, 7) is 2.76. The van der Waals surface area contributed by atoms with Crippen molar-refractivity contribution in [3.63, 3.8) is 0 Å². The summed E-state index contributed by atoms with van der Waals surface area (Å²) in [7, 11) is 0. The number of carbonyl (C=O) groups is 1. The lowest BCUT2D eigenvalue weighted by Crippen LogP contribution is -2.13. The number of anilines is 1. The normalized spacial score (nSPS) is 11.1. The number of para-hydroxylation sites is 1. The highest BCUT2D eigenvalue weighted by molar-refractivity contribution is 6.14. The first-order chi connectivity index (χ1) is 15.7. The number of phenolic OH excluding ortho intramolecular Hbond substituents is 1. The van der Waals surface area contributed by atoms with Gasteiger partial charge >= 0.3 is 6.09 Å². The lowest BCUT2D eigenvalue weighted by atomic mass is 10.0. The molecule has 0 bridgehead atoms. The van der Waals surface area contributed by atoms with Gasteiger partial charge in [0.1, 0.15) is 17.2 Å². The Kier molecular flexibility index (Phi) is 8.69. The van der Waals surface area contributed by atoms with E-state index >= 15 is 0 Å². The minimum atomic E-state index is -0.726. The van der Waals surface area contributed by atoms with Gasteiger partial charge in [0.2, 0.25) is 0 Å². The molecule has 0 aromatic heterocycles. The summed E-state index contributed by atoms with van der Waals surface area (Å²) in [5.41, 5.74) is 2.06. The van der Waals surface area contributed by atoms with E-state index in [0.717, 1.165) is 12.8 Å². The largest absolute Gasteiger partial charge is 0.507 e. The Labute approximate surface area is 188 Å². The smallest absolute Gasteiger partial charge is 0.437 e. The van der Waals surface area contributed by atoms with Gasteiger partial charge < -0.3 is 9.84 Å². The number of phenols is 1. The van der Waals surface area contributed by atoms with Crippen LogP contribution in [0.25, 0.3) is 0 Å². The number of carbonyl (C=O) groups excluding carboxylic acids is 1. The molecule has 6 nitrogen and oxygen atoms in total. The average Bonchev–Trinajstić information content (AvgIpc) is 2.81. The zero-order valence-electron chi connectivity index (χ0n) is 18.2. The number of ether oxygens (including phenoxy) is 1. The van der Waals surface area contributed by atoms with Gasteiger partial charge in [0, 0.05) is 22.9 Å². The molecule has 0 heterocycles. The van der Waals surface area contributed by atoms with Crippen LogP contribution in [0, 0.1) is 0 Å². The molecule has 0 radical (unpaired) electrons. The van der Waals surface area contributed by atoms with Crippen LogP contribution in [0.5, 0.6) is 11.5 Å². The third-order valence-electron chi connectivity index (χ3n) is 4.78. The van der Waals surface area contributed by atoms with E-state index in [0.29, 0.717) is 34.9 Å². The molecule has 3 rings (SSSR count). The van der Waals surface area contributed by atoms with Gasteiger partial charge in [-0.3, -0.25) is 10.2 Å². The number of aromatic hydroxyl groups is 1. The Morgan fingerprint density at radius 1 is 0.938 bits per heavy atom. The van der Waals surface area contributed by atoms with E-state index in [1.807, 2.05) is 36.4 Å². The molecular weight excluding hydrogens is 404 g/mol. The van der Waals surface area contributed by atoms with Gasteiger partial charge in [-0.25, -0.2) is 4.79 Å². The molecule has 0 aliphatic rings. The molecule has 1 amide bonds. The number of hydrogen-bond acceptors (Lipinski definition) is 5. The quantitative estimate of drug-likeness (QED) is 0.169. The van der Waals surface area contributed by atoms with Crippen molar-refractivity contribution in [2.75, 3.05) is 11.9 Å². The van der Waals surface area contributed by atoms with Crippen molar-refractivity contribution in [3.8, 4) is 11.5 Å². The van der Waals surface area contributed by atoms with Crippen molar-refractivity contribution in [1.82, 2.24) is 0 Å². The number of amides is 1. The van der Waals surface area contributed by atoms with E-state index in [4.69, 9.17) is 9.57 Å². The predicted molar refractivity (Wildman–Crippen MR) is 126 cm³/mol. The molecule has 166 valence electrons. The van der Waals surface area contributed by atoms with Crippen molar-refractivity contribution < 1.29 is 19.5 Å². The molecule has 0 saturated carbocycles. The van der Waals surface area contributed by atoms with Crippen molar-refractivity contribution in [2.45, 2.75) is 32.6 Å². The maximum absolute atomic E-state index is 12.2. The number of benzene rings is 3. The Bertz CT molecular complexity index is 1020. The third kappa shape index (κ3) is 6.87. The van der Waals surface area contributed by atoms with E-state index < -0.39 is 6.09 Å². The minimum absolute atomic E-state index is 0.00858. The molecule has 6 heteroatoms. The predicted octanol–water partition coefficient (Wildman–Crippen LogP) is 6.35. The van der Waals surface area contributed by atoms with E-state index in [1.165, 1.54) is 12.8 Å². The molecule has 2 N–H and O–H groups in total. The fraction of sp³-hybridized carbons (Fsp3) is 0.231. The molecule has 0 fully saturated rings. The SMILES string of the molecule is CCCCCCOc1ccc(/C(=N/OC(=O)Nc2ccccc2)c2ccccc2)c(O)c1. The second-order valence-corrected chi connectivity index (χ2v) is 7.26. The zero-order chi connectivity index (χ0) is 22.6. The molecule has 0 aliphatic carbocycles. The van der Waals surface area contributed by atoms with Crippen molar-refractivity contribution in [1.29, 1.82) is 0 Å². The van der Waals surface area contributed by atoms with E-state index in [9.17, 15) is 9.90 Å². The van der Waals surface area contributed by atoms with Crippen molar-refractivity contribution >= 4 is 17.5 Å². The fourth-order valence-corrected chi connectivity index (χ4v) is 3.12. The summed E-state index contributed by atoms with van der Waals surface area (Å²) < 4.78 is 5.74. The van der Waals surface area contributed by atoms with Gasteiger partial charge in [-0.2, -0.15) is 0 Å². The summed E-state index contributed by atoms with van der Waals surface area (Å²) in [4.78, 5) is 17.3. The maximum Gasteiger partial charge on any atom is 0.437 e. The summed E-state index contributed by atoms with van der Waals surface area (Å²) in [6.07, 6.45) is 3.71. The first kappa shape index (κ1) is 22.9. The summed E-state index contributed by atoms with van der Waals surface area (Å²) in [5, 5.41) is 17.3. The van der Waals surface area contributed by atoms with Gasteiger partial charge in [-0.05, 0) is 30.7 Å². The number of hydrogen-bond donors (Lipinski definition) is 2.